The number of rotatable bonds is 3. The van der Waals surface area contributed by atoms with Crippen molar-refractivity contribution in [3.05, 3.63) is 29.3 Å². The lowest BCUT2D eigenvalue weighted by molar-refractivity contribution is -0.154. The molecule has 0 N–H and O–H groups in total. The Kier molecular flexibility index (Phi) is 3.71. The van der Waals surface area contributed by atoms with Gasteiger partial charge in [0, 0.05) is 11.5 Å². The van der Waals surface area contributed by atoms with Crippen LogP contribution >= 0.6 is 11.6 Å². The molecule has 0 aliphatic heterocycles. The fraction of sp³-hybridized carbons (Fsp3) is 0.250. The Bertz CT molecular complexity index is 601. The standard InChI is InChI=1S/C12H9ClF3NO2/c1-18-9-5-10(19-6-12(14,15)16)17-11-7(9)3-2-4-8(11)13/h2-5H,6H2,1H3. The number of nitrogens with zero attached hydrogens (tertiary/aromatic N) is 1. The van der Waals surface area contributed by atoms with E-state index in [1.165, 1.54) is 13.2 Å². The lowest BCUT2D eigenvalue weighted by Crippen LogP contribution is -2.19. The molecule has 0 fully saturated rings. The first-order valence-electron chi connectivity index (χ1n) is 5.23. The van der Waals surface area contributed by atoms with Crippen LogP contribution < -0.4 is 9.47 Å². The van der Waals surface area contributed by atoms with E-state index in [1.807, 2.05) is 0 Å². The number of hydrogen-bond acceptors (Lipinski definition) is 3. The molecule has 0 spiro atoms. The van der Waals surface area contributed by atoms with Gasteiger partial charge in [0.1, 0.15) is 5.75 Å². The van der Waals surface area contributed by atoms with E-state index in [-0.39, 0.29) is 5.88 Å². The van der Waals surface area contributed by atoms with Crippen LogP contribution in [0.3, 0.4) is 0 Å². The Balaban J connectivity index is 2.44. The summed E-state index contributed by atoms with van der Waals surface area (Å²) in [5, 5.41) is 0.919. The highest BCUT2D eigenvalue weighted by Crippen LogP contribution is 2.32. The lowest BCUT2D eigenvalue weighted by Gasteiger charge is -2.11. The van der Waals surface area contributed by atoms with Crippen LogP contribution in [0.2, 0.25) is 5.02 Å². The third-order valence-corrected chi connectivity index (χ3v) is 2.64. The topological polar surface area (TPSA) is 31.4 Å². The quantitative estimate of drug-likeness (QED) is 0.861. The van der Waals surface area contributed by atoms with Crippen LogP contribution in [0.4, 0.5) is 13.2 Å². The summed E-state index contributed by atoms with van der Waals surface area (Å²) in [5.74, 6) is 0.166. The van der Waals surface area contributed by atoms with Gasteiger partial charge in [-0.1, -0.05) is 17.7 Å². The zero-order chi connectivity index (χ0) is 14.0. The highest BCUT2D eigenvalue weighted by molar-refractivity contribution is 6.35. The van der Waals surface area contributed by atoms with Gasteiger partial charge in [0.15, 0.2) is 6.61 Å². The maximum Gasteiger partial charge on any atom is 0.422 e. The number of fused-ring (bicyclic) bond motifs is 1. The molecule has 0 atom stereocenters. The molecule has 1 heterocycles. The number of alkyl halides is 3. The molecule has 0 aliphatic rings. The van der Waals surface area contributed by atoms with Gasteiger partial charge in [0.2, 0.25) is 5.88 Å². The van der Waals surface area contributed by atoms with Gasteiger partial charge in [-0.15, -0.1) is 0 Å². The summed E-state index contributed by atoms with van der Waals surface area (Å²) < 4.78 is 46.0. The first kappa shape index (κ1) is 13.7. The van der Waals surface area contributed by atoms with Crippen molar-refractivity contribution < 1.29 is 22.6 Å². The minimum absolute atomic E-state index is 0.185. The molecule has 0 bridgehead atoms. The van der Waals surface area contributed by atoms with E-state index in [2.05, 4.69) is 9.72 Å². The van der Waals surface area contributed by atoms with E-state index in [0.717, 1.165) is 0 Å². The van der Waals surface area contributed by atoms with Gasteiger partial charge in [-0.05, 0) is 12.1 Å². The van der Waals surface area contributed by atoms with Crippen molar-refractivity contribution >= 4 is 22.5 Å². The number of hydrogen-bond donors (Lipinski definition) is 0. The monoisotopic (exact) mass is 291 g/mol. The first-order chi connectivity index (χ1) is 8.90. The number of benzene rings is 1. The predicted octanol–water partition coefficient (Wildman–Crippen LogP) is 3.84. The molecule has 1 aromatic heterocycles. The van der Waals surface area contributed by atoms with E-state index in [9.17, 15) is 13.2 Å². The zero-order valence-electron chi connectivity index (χ0n) is 9.79. The van der Waals surface area contributed by atoms with Crippen LogP contribution in [0.25, 0.3) is 10.9 Å². The molecule has 2 rings (SSSR count). The Morgan fingerprint density at radius 2 is 2.05 bits per heavy atom. The third kappa shape index (κ3) is 3.20. The fourth-order valence-electron chi connectivity index (χ4n) is 1.56. The number of halogens is 4. The summed E-state index contributed by atoms with van der Waals surface area (Å²) in [6.45, 7) is -1.42. The highest BCUT2D eigenvalue weighted by Gasteiger charge is 2.28. The second-order valence-corrected chi connectivity index (χ2v) is 4.11. The third-order valence-electron chi connectivity index (χ3n) is 2.33. The number of para-hydroxylation sites is 1. The van der Waals surface area contributed by atoms with Gasteiger partial charge in [0.05, 0.1) is 17.6 Å². The van der Waals surface area contributed by atoms with Crippen LogP contribution in [0, 0.1) is 0 Å². The summed E-state index contributed by atoms with van der Waals surface area (Å²) in [5.41, 5.74) is 0.334. The van der Waals surface area contributed by atoms with E-state index in [4.69, 9.17) is 16.3 Å². The number of methoxy groups -OCH3 is 1. The molecule has 0 saturated heterocycles. The first-order valence-corrected chi connectivity index (χ1v) is 5.61. The van der Waals surface area contributed by atoms with Gasteiger partial charge < -0.3 is 9.47 Å². The Hall–Kier alpha value is -1.69. The maximum absolute atomic E-state index is 12.1. The fourth-order valence-corrected chi connectivity index (χ4v) is 1.78. The van der Waals surface area contributed by atoms with Gasteiger partial charge in [-0.3, -0.25) is 0 Å². The second-order valence-electron chi connectivity index (χ2n) is 3.70. The Morgan fingerprint density at radius 1 is 1.32 bits per heavy atom. The van der Waals surface area contributed by atoms with E-state index < -0.39 is 12.8 Å². The smallest absolute Gasteiger partial charge is 0.422 e. The molecule has 1 aromatic carbocycles. The maximum atomic E-state index is 12.1. The molecule has 102 valence electrons. The second kappa shape index (κ2) is 5.13. The Morgan fingerprint density at radius 3 is 2.68 bits per heavy atom. The van der Waals surface area contributed by atoms with Gasteiger partial charge >= 0.3 is 6.18 Å². The molecule has 2 aromatic rings. The van der Waals surface area contributed by atoms with Gasteiger partial charge in [0.25, 0.3) is 0 Å². The summed E-state index contributed by atoms with van der Waals surface area (Å²) in [7, 11) is 1.41. The average Bonchev–Trinajstić information content (AvgIpc) is 2.35. The summed E-state index contributed by atoms with van der Waals surface area (Å²) >= 11 is 5.95. The van der Waals surface area contributed by atoms with E-state index in [0.29, 0.717) is 21.7 Å². The number of ether oxygens (including phenoxy) is 2. The van der Waals surface area contributed by atoms with Gasteiger partial charge in [-0.2, -0.15) is 13.2 Å². The van der Waals surface area contributed by atoms with Crippen molar-refractivity contribution in [2.75, 3.05) is 13.7 Å². The average molecular weight is 292 g/mol. The Labute approximate surface area is 111 Å². The van der Waals surface area contributed by atoms with Crippen molar-refractivity contribution in [2.45, 2.75) is 6.18 Å². The van der Waals surface area contributed by atoms with Crippen molar-refractivity contribution in [3.63, 3.8) is 0 Å². The minimum atomic E-state index is -4.43. The van der Waals surface area contributed by atoms with Crippen LogP contribution in [0.5, 0.6) is 11.6 Å². The molecule has 7 heteroatoms. The molecule has 0 aliphatic carbocycles. The summed E-state index contributed by atoms with van der Waals surface area (Å²) in [4.78, 5) is 3.95. The molecule has 0 amide bonds. The largest absolute Gasteiger partial charge is 0.496 e. The van der Waals surface area contributed by atoms with Crippen LogP contribution in [0.1, 0.15) is 0 Å². The SMILES string of the molecule is COc1cc(OCC(F)(F)F)nc2c(Cl)cccc12. The lowest BCUT2D eigenvalue weighted by atomic mass is 10.2. The van der Waals surface area contributed by atoms with E-state index >= 15 is 0 Å². The summed E-state index contributed by atoms with van der Waals surface area (Å²) in [6, 6.07) is 6.29. The molecular formula is C12H9ClF3NO2. The van der Waals surface area contributed by atoms with E-state index in [1.54, 1.807) is 18.2 Å². The van der Waals surface area contributed by atoms with Crippen molar-refractivity contribution in [1.29, 1.82) is 0 Å². The molecule has 0 saturated carbocycles. The van der Waals surface area contributed by atoms with Gasteiger partial charge in [-0.25, -0.2) is 4.98 Å². The zero-order valence-corrected chi connectivity index (χ0v) is 10.5. The minimum Gasteiger partial charge on any atom is -0.496 e. The number of pyridine rings is 1. The molecule has 19 heavy (non-hydrogen) atoms. The molecule has 0 radical (unpaired) electrons. The molecular weight excluding hydrogens is 283 g/mol. The van der Waals surface area contributed by atoms with Crippen molar-refractivity contribution in [2.24, 2.45) is 0 Å². The highest BCUT2D eigenvalue weighted by atomic mass is 35.5. The van der Waals surface area contributed by atoms with Crippen LogP contribution in [-0.4, -0.2) is 24.9 Å². The molecule has 0 unspecified atom stereocenters. The van der Waals surface area contributed by atoms with Crippen LogP contribution in [-0.2, 0) is 0 Å². The molecule has 3 nitrogen and oxygen atoms in total. The predicted molar refractivity (Wildman–Crippen MR) is 64.9 cm³/mol. The number of aromatic nitrogens is 1. The van der Waals surface area contributed by atoms with Crippen molar-refractivity contribution in [1.82, 2.24) is 4.98 Å². The summed E-state index contributed by atoms with van der Waals surface area (Å²) in [6.07, 6.45) is -4.43. The van der Waals surface area contributed by atoms with Crippen molar-refractivity contribution in [3.8, 4) is 11.6 Å². The van der Waals surface area contributed by atoms with Crippen LogP contribution in [0.15, 0.2) is 24.3 Å². The normalized spacial score (nSPS) is 11.6.